The monoisotopic (exact) mass is 266 g/mol. The molecule has 0 atom stereocenters. The molecule has 3 N–H and O–H groups in total. The number of carbonyl (C=O) groups is 2. The molecule has 0 saturated carbocycles. The topological polar surface area (TPSA) is 90.7 Å². The molecule has 0 aliphatic heterocycles. The molecule has 104 valence electrons. The van der Waals surface area contributed by atoms with Crippen LogP contribution < -0.4 is 15.8 Å². The highest BCUT2D eigenvalue weighted by atomic mass is 16.5. The van der Waals surface area contributed by atoms with Gasteiger partial charge in [0, 0.05) is 0 Å². The molecule has 19 heavy (non-hydrogen) atoms. The van der Waals surface area contributed by atoms with Crippen LogP contribution in [-0.2, 0) is 9.53 Å². The summed E-state index contributed by atoms with van der Waals surface area (Å²) >= 11 is 0. The normalized spacial score (nSPS) is 9.84. The molecule has 0 aliphatic carbocycles. The van der Waals surface area contributed by atoms with Gasteiger partial charge in [-0.2, -0.15) is 0 Å². The number of carbonyl (C=O) groups excluding carboxylic acids is 2. The first-order valence-corrected chi connectivity index (χ1v) is 6.06. The maximum atomic E-state index is 11.6. The fourth-order valence-corrected chi connectivity index (χ4v) is 1.44. The molecular weight excluding hydrogens is 248 g/mol. The number of nitrogens with two attached hydrogens (primary N) is 1. The Balaban J connectivity index is 2.99. The molecule has 1 aromatic rings. The van der Waals surface area contributed by atoms with Gasteiger partial charge in [0.2, 0.25) is 5.91 Å². The first-order chi connectivity index (χ1) is 9.12. The van der Waals surface area contributed by atoms with E-state index in [4.69, 9.17) is 15.2 Å². The van der Waals surface area contributed by atoms with Crippen LogP contribution in [0.5, 0.6) is 5.75 Å². The second-order valence-electron chi connectivity index (χ2n) is 3.62. The van der Waals surface area contributed by atoms with Crippen LogP contribution in [0.2, 0.25) is 0 Å². The second kappa shape index (κ2) is 7.38. The van der Waals surface area contributed by atoms with E-state index in [0.29, 0.717) is 30.2 Å². The summed E-state index contributed by atoms with van der Waals surface area (Å²) in [6, 6.07) is 4.69. The minimum Gasteiger partial charge on any atom is -0.492 e. The molecule has 0 unspecified atom stereocenters. The maximum absolute atomic E-state index is 11.6. The summed E-state index contributed by atoms with van der Waals surface area (Å²) in [5.74, 6) is -0.347. The van der Waals surface area contributed by atoms with Crippen molar-refractivity contribution in [2.24, 2.45) is 5.73 Å². The maximum Gasteiger partial charge on any atom is 0.338 e. The van der Waals surface area contributed by atoms with Gasteiger partial charge in [-0.25, -0.2) is 4.79 Å². The lowest BCUT2D eigenvalue weighted by Crippen LogP contribution is -2.22. The second-order valence-corrected chi connectivity index (χ2v) is 3.62. The third kappa shape index (κ3) is 4.26. The van der Waals surface area contributed by atoms with Gasteiger partial charge in [-0.1, -0.05) is 0 Å². The third-order valence-electron chi connectivity index (χ3n) is 2.25. The number of anilines is 1. The molecule has 0 bridgehead atoms. The standard InChI is InChI=1S/C13H18N2O4/c1-3-18-11-7-9(13(17)19-4-2)5-6-10(11)15-12(16)8-14/h5-7H,3-4,8,14H2,1-2H3,(H,15,16). The van der Waals surface area contributed by atoms with Crippen LogP contribution in [0, 0.1) is 0 Å². The number of nitrogens with one attached hydrogen (secondary N) is 1. The third-order valence-corrected chi connectivity index (χ3v) is 2.25. The summed E-state index contributed by atoms with van der Waals surface area (Å²) in [7, 11) is 0. The highest BCUT2D eigenvalue weighted by Crippen LogP contribution is 2.26. The molecule has 1 amide bonds. The first kappa shape index (κ1) is 15.0. The number of hydrogen-bond acceptors (Lipinski definition) is 5. The van der Waals surface area contributed by atoms with Crippen LogP contribution >= 0.6 is 0 Å². The van der Waals surface area contributed by atoms with Crippen LogP contribution in [0.1, 0.15) is 24.2 Å². The smallest absolute Gasteiger partial charge is 0.338 e. The van der Waals surface area contributed by atoms with Gasteiger partial charge in [0.1, 0.15) is 5.75 Å². The molecule has 0 heterocycles. The fourth-order valence-electron chi connectivity index (χ4n) is 1.44. The number of benzene rings is 1. The highest BCUT2D eigenvalue weighted by molar-refractivity contribution is 5.95. The van der Waals surface area contributed by atoms with E-state index < -0.39 is 5.97 Å². The summed E-state index contributed by atoms with van der Waals surface area (Å²) in [5, 5.41) is 2.60. The van der Waals surface area contributed by atoms with E-state index in [2.05, 4.69) is 5.32 Å². The average molecular weight is 266 g/mol. The fraction of sp³-hybridized carbons (Fsp3) is 0.385. The summed E-state index contributed by atoms with van der Waals surface area (Å²) < 4.78 is 10.3. The van der Waals surface area contributed by atoms with E-state index in [1.165, 1.54) is 6.07 Å². The zero-order chi connectivity index (χ0) is 14.3. The molecule has 1 rings (SSSR count). The minimum atomic E-state index is -0.430. The zero-order valence-corrected chi connectivity index (χ0v) is 11.1. The largest absolute Gasteiger partial charge is 0.492 e. The summed E-state index contributed by atoms with van der Waals surface area (Å²) in [4.78, 5) is 22.9. The number of hydrogen-bond donors (Lipinski definition) is 2. The van der Waals surface area contributed by atoms with Crippen molar-refractivity contribution in [1.29, 1.82) is 0 Å². The lowest BCUT2D eigenvalue weighted by atomic mass is 10.2. The Bertz CT molecular complexity index is 460. The van der Waals surface area contributed by atoms with Crippen molar-refractivity contribution in [3.8, 4) is 5.75 Å². The Morgan fingerprint density at radius 1 is 1.26 bits per heavy atom. The highest BCUT2D eigenvalue weighted by Gasteiger charge is 2.12. The summed E-state index contributed by atoms with van der Waals surface area (Å²) in [5.41, 5.74) is 6.08. The van der Waals surface area contributed by atoms with Crippen LogP contribution in [0.25, 0.3) is 0 Å². The van der Waals surface area contributed by atoms with Crippen LogP contribution in [0.15, 0.2) is 18.2 Å². The van der Waals surface area contributed by atoms with Crippen molar-refractivity contribution in [3.05, 3.63) is 23.8 Å². The van der Waals surface area contributed by atoms with Crippen molar-refractivity contribution in [1.82, 2.24) is 0 Å². The van der Waals surface area contributed by atoms with E-state index >= 15 is 0 Å². The van der Waals surface area contributed by atoms with Gasteiger partial charge in [-0.05, 0) is 32.0 Å². The first-order valence-electron chi connectivity index (χ1n) is 6.06. The molecule has 0 fully saturated rings. The molecule has 0 spiro atoms. The Kier molecular flexibility index (Phi) is 5.81. The van der Waals surface area contributed by atoms with E-state index in [1.54, 1.807) is 19.1 Å². The molecule has 0 radical (unpaired) electrons. The lowest BCUT2D eigenvalue weighted by Gasteiger charge is -2.12. The van der Waals surface area contributed by atoms with Crippen molar-refractivity contribution < 1.29 is 19.1 Å². The zero-order valence-electron chi connectivity index (χ0n) is 11.1. The Hall–Kier alpha value is -2.08. The predicted octanol–water partition coefficient (Wildman–Crippen LogP) is 1.16. The van der Waals surface area contributed by atoms with Gasteiger partial charge in [0.25, 0.3) is 0 Å². The molecule has 0 saturated heterocycles. The Morgan fingerprint density at radius 3 is 2.58 bits per heavy atom. The van der Waals surface area contributed by atoms with Crippen molar-refractivity contribution >= 4 is 17.6 Å². The van der Waals surface area contributed by atoms with Crippen molar-refractivity contribution in [3.63, 3.8) is 0 Å². The number of ether oxygens (including phenoxy) is 2. The van der Waals surface area contributed by atoms with Gasteiger partial charge >= 0.3 is 5.97 Å². The minimum absolute atomic E-state index is 0.120. The Morgan fingerprint density at radius 2 is 2.00 bits per heavy atom. The number of amides is 1. The van der Waals surface area contributed by atoms with Gasteiger partial charge in [-0.3, -0.25) is 4.79 Å². The van der Waals surface area contributed by atoms with E-state index in [9.17, 15) is 9.59 Å². The van der Waals surface area contributed by atoms with Crippen LogP contribution in [-0.4, -0.2) is 31.6 Å². The lowest BCUT2D eigenvalue weighted by molar-refractivity contribution is -0.114. The molecular formula is C13H18N2O4. The summed E-state index contributed by atoms with van der Waals surface area (Å²) in [6.07, 6.45) is 0. The molecule has 0 aliphatic rings. The molecule has 1 aromatic carbocycles. The molecule has 6 heteroatoms. The summed E-state index contributed by atoms with van der Waals surface area (Å²) in [6.45, 7) is 4.14. The van der Waals surface area contributed by atoms with Crippen LogP contribution in [0.3, 0.4) is 0 Å². The average Bonchev–Trinajstić information content (AvgIpc) is 2.41. The van der Waals surface area contributed by atoms with Gasteiger partial charge in [0.15, 0.2) is 0 Å². The SMILES string of the molecule is CCOC(=O)c1ccc(NC(=O)CN)c(OCC)c1. The quantitative estimate of drug-likeness (QED) is 0.754. The van der Waals surface area contributed by atoms with Crippen molar-refractivity contribution in [2.45, 2.75) is 13.8 Å². The van der Waals surface area contributed by atoms with Gasteiger partial charge in [-0.15, -0.1) is 0 Å². The van der Waals surface area contributed by atoms with Gasteiger partial charge in [0.05, 0.1) is 31.0 Å². The van der Waals surface area contributed by atoms with Gasteiger partial charge < -0.3 is 20.5 Å². The van der Waals surface area contributed by atoms with E-state index in [-0.39, 0.29) is 12.5 Å². The number of esters is 1. The van der Waals surface area contributed by atoms with E-state index in [1.807, 2.05) is 6.92 Å². The van der Waals surface area contributed by atoms with Crippen LogP contribution in [0.4, 0.5) is 5.69 Å². The van der Waals surface area contributed by atoms with E-state index in [0.717, 1.165) is 0 Å². The Labute approximate surface area is 111 Å². The predicted molar refractivity (Wildman–Crippen MR) is 71.3 cm³/mol. The molecule has 0 aromatic heterocycles. The van der Waals surface area contributed by atoms with Crippen molar-refractivity contribution in [2.75, 3.05) is 25.1 Å². The number of rotatable bonds is 6. The molecule has 6 nitrogen and oxygen atoms in total.